The maximum atomic E-state index is 12.6. The van der Waals surface area contributed by atoms with E-state index in [0.29, 0.717) is 6.42 Å². The van der Waals surface area contributed by atoms with Gasteiger partial charge < -0.3 is 16.0 Å². The van der Waals surface area contributed by atoms with Crippen molar-refractivity contribution in [2.24, 2.45) is 23.5 Å². The number of hydrogen-bond donors (Lipinski definition) is 2. The van der Waals surface area contributed by atoms with Crippen molar-refractivity contribution in [1.29, 1.82) is 0 Å². The molecule has 0 heterocycles. The van der Waals surface area contributed by atoms with Crippen molar-refractivity contribution in [2.45, 2.75) is 72.5 Å². The summed E-state index contributed by atoms with van der Waals surface area (Å²) in [6.07, 6.45) is 3.17. The minimum absolute atomic E-state index is 0.0350. The van der Waals surface area contributed by atoms with Crippen molar-refractivity contribution in [3.05, 3.63) is 0 Å². The molecule has 139 valence electrons. The Bertz CT molecular complexity index is 424. The van der Waals surface area contributed by atoms with Crippen molar-refractivity contribution in [3.63, 3.8) is 0 Å². The summed E-state index contributed by atoms with van der Waals surface area (Å²) in [6, 6.07) is -1.97. The first-order chi connectivity index (χ1) is 11.1. The molecule has 0 aromatic rings. The second-order valence-electron chi connectivity index (χ2n) is 7.36. The predicted octanol–water partition coefficient (Wildman–Crippen LogP) is 1.48. The van der Waals surface area contributed by atoms with E-state index in [1.54, 1.807) is 7.05 Å². The molecule has 0 aliphatic carbocycles. The monoisotopic (exact) mass is 340 g/mol. The first-order valence-corrected chi connectivity index (χ1v) is 8.76. The number of nitrogens with zero attached hydrogens (tertiary/aromatic N) is 1. The van der Waals surface area contributed by atoms with Gasteiger partial charge >= 0.3 is 0 Å². The SMILES string of the molecule is CC[C@@H](C)[C@H](N)C(=O)N(C)[C@H](C(=O)N[C@H]([C]=O)CC(C)C)C(C)C. The lowest BCUT2D eigenvalue weighted by Crippen LogP contribution is -2.57. The summed E-state index contributed by atoms with van der Waals surface area (Å²) in [5.74, 6) is -0.408. The maximum absolute atomic E-state index is 12.6. The average molecular weight is 340 g/mol. The van der Waals surface area contributed by atoms with Gasteiger partial charge in [0.1, 0.15) is 6.04 Å². The van der Waals surface area contributed by atoms with Gasteiger partial charge in [0, 0.05) is 7.05 Å². The summed E-state index contributed by atoms with van der Waals surface area (Å²) in [4.78, 5) is 37.7. The summed E-state index contributed by atoms with van der Waals surface area (Å²) in [5.41, 5.74) is 6.02. The molecule has 0 bridgehead atoms. The lowest BCUT2D eigenvalue weighted by atomic mass is 9.95. The first kappa shape index (κ1) is 22.6. The number of hydrogen-bond acceptors (Lipinski definition) is 4. The van der Waals surface area contributed by atoms with Crippen LogP contribution in [0.15, 0.2) is 0 Å². The Kier molecular flexibility index (Phi) is 9.82. The van der Waals surface area contributed by atoms with Crippen LogP contribution in [0.3, 0.4) is 0 Å². The molecule has 0 rings (SSSR count). The largest absolute Gasteiger partial charge is 0.344 e. The standard InChI is InChI=1S/C18H34N3O3/c1-8-13(6)15(19)18(24)21(7)16(12(4)5)17(23)20-14(10-22)9-11(2)3/h11-16H,8-9,19H2,1-7H3,(H,20,23)/t13-,14+,15+,16+/m1/s1. The maximum Gasteiger partial charge on any atom is 0.243 e. The fraction of sp³-hybridized carbons (Fsp3) is 0.833. The van der Waals surface area contributed by atoms with E-state index in [2.05, 4.69) is 5.32 Å². The molecule has 0 saturated heterocycles. The molecule has 6 heteroatoms. The molecular formula is C18H34N3O3. The third-order valence-corrected chi connectivity index (χ3v) is 4.37. The van der Waals surface area contributed by atoms with Crippen molar-refractivity contribution in [2.75, 3.05) is 7.05 Å². The van der Waals surface area contributed by atoms with Crippen LogP contribution in [-0.4, -0.2) is 48.2 Å². The van der Waals surface area contributed by atoms with Crippen LogP contribution in [0, 0.1) is 17.8 Å². The van der Waals surface area contributed by atoms with Crippen molar-refractivity contribution in [3.8, 4) is 0 Å². The summed E-state index contributed by atoms with van der Waals surface area (Å²) < 4.78 is 0. The van der Waals surface area contributed by atoms with Crippen LogP contribution in [0.1, 0.15) is 54.4 Å². The van der Waals surface area contributed by atoms with E-state index in [0.717, 1.165) is 6.42 Å². The molecular weight excluding hydrogens is 306 g/mol. The zero-order chi connectivity index (χ0) is 19.0. The highest BCUT2D eigenvalue weighted by Gasteiger charge is 2.34. The number of carbonyl (C=O) groups is 2. The Morgan fingerprint density at radius 3 is 2.08 bits per heavy atom. The zero-order valence-electron chi connectivity index (χ0n) is 16.1. The molecule has 3 N–H and O–H groups in total. The highest BCUT2D eigenvalue weighted by Crippen LogP contribution is 2.15. The third kappa shape index (κ3) is 6.59. The lowest BCUT2D eigenvalue weighted by Gasteiger charge is -2.33. The highest BCUT2D eigenvalue weighted by molar-refractivity contribution is 5.91. The van der Waals surface area contributed by atoms with Gasteiger partial charge in [-0.15, -0.1) is 0 Å². The number of rotatable bonds is 10. The second kappa shape index (κ2) is 10.4. The molecule has 0 fully saturated rings. The van der Waals surface area contributed by atoms with Crippen LogP contribution in [0.5, 0.6) is 0 Å². The van der Waals surface area contributed by atoms with Gasteiger partial charge in [-0.3, -0.25) is 14.4 Å². The molecule has 0 unspecified atom stereocenters. The van der Waals surface area contributed by atoms with Crippen molar-refractivity contribution in [1.82, 2.24) is 10.2 Å². The topological polar surface area (TPSA) is 92.5 Å². The first-order valence-electron chi connectivity index (χ1n) is 8.76. The van der Waals surface area contributed by atoms with Gasteiger partial charge in [-0.25, -0.2) is 0 Å². The summed E-state index contributed by atoms with van der Waals surface area (Å²) in [7, 11) is 1.59. The number of nitrogens with two attached hydrogens (primary N) is 1. The molecule has 2 amide bonds. The Hall–Kier alpha value is -1.43. The molecule has 0 aliphatic heterocycles. The molecule has 0 saturated carbocycles. The third-order valence-electron chi connectivity index (χ3n) is 4.37. The van der Waals surface area contributed by atoms with Gasteiger partial charge in [0.15, 0.2) is 0 Å². The predicted molar refractivity (Wildman–Crippen MR) is 95.9 cm³/mol. The average Bonchev–Trinajstić information content (AvgIpc) is 2.50. The van der Waals surface area contributed by atoms with E-state index >= 15 is 0 Å². The Balaban J connectivity index is 5.16. The molecule has 6 nitrogen and oxygen atoms in total. The van der Waals surface area contributed by atoms with Crippen molar-refractivity contribution >= 4 is 18.1 Å². The van der Waals surface area contributed by atoms with E-state index in [1.807, 2.05) is 47.8 Å². The van der Waals surface area contributed by atoms with Gasteiger partial charge in [0.05, 0.1) is 12.1 Å². The molecule has 0 aliphatic rings. The number of likely N-dealkylation sites (N-methyl/N-ethyl adjacent to an activating group) is 1. The number of amides is 2. The van der Waals surface area contributed by atoms with Gasteiger partial charge in [-0.1, -0.05) is 48.0 Å². The number of carbonyl (C=O) groups excluding carboxylic acids is 3. The summed E-state index contributed by atoms with van der Waals surface area (Å²) in [6.45, 7) is 11.6. The molecule has 0 spiro atoms. The van der Waals surface area contributed by atoms with Crippen LogP contribution < -0.4 is 11.1 Å². The van der Waals surface area contributed by atoms with E-state index in [-0.39, 0.29) is 29.6 Å². The second-order valence-corrected chi connectivity index (χ2v) is 7.36. The van der Waals surface area contributed by atoms with Crippen LogP contribution in [-0.2, 0) is 14.4 Å². The van der Waals surface area contributed by atoms with E-state index in [9.17, 15) is 14.4 Å². The van der Waals surface area contributed by atoms with E-state index in [1.165, 1.54) is 4.90 Å². The Morgan fingerprint density at radius 2 is 1.71 bits per heavy atom. The van der Waals surface area contributed by atoms with Gasteiger partial charge in [0.25, 0.3) is 0 Å². The minimum Gasteiger partial charge on any atom is -0.344 e. The van der Waals surface area contributed by atoms with Crippen LogP contribution >= 0.6 is 0 Å². The summed E-state index contributed by atoms with van der Waals surface area (Å²) in [5, 5.41) is 2.70. The molecule has 24 heavy (non-hydrogen) atoms. The van der Waals surface area contributed by atoms with Crippen LogP contribution in [0.4, 0.5) is 0 Å². The normalized spacial score (nSPS) is 16.4. The molecule has 0 aromatic carbocycles. The van der Waals surface area contributed by atoms with Gasteiger partial charge in [-0.2, -0.15) is 0 Å². The fourth-order valence-electron chi connectivity index (χ4n) is 2.66. The molecule has 0 aromatic heterocycles. The minimum atomic E-state index is -0.671. The van der Waals surface area contributed by atoms with Crippen molar-refractivity contribution < 1.29 is 14.4 Å². The zero-order valence-corrected chi connectivity index (χ0v) is 16.1. The Morgan fingerprint density at radius 1 is 1.17 bits per heavy atom. The quantitative estimate of drug-likeness (QED) is 0.630. The lowest BCUT2D eigenvalue weighted by molar-refractivity contribution is -0.142. The number of nitrogens with one attached hydrogen (secondary N) is 1. The van der Waals surface area contributed by atoms with E-state index in [4.69, 9.17) is 5.73 Å². The van der Waals surface area contributed by atoms with Gasteiger partial charge in [0.2, 0.25) is 18.1 Å². The smallest absolute Gasteiger partial charge is 0.243 e. The summed E-state index contributed by atoms with van der Waals surface area (Å²) >= 11 is 0. The molecule has 4 atom stereocenters. The fourth-order valence-corrected chi connectivity index (χ4v) is 2.66. The van der Waals surface area contributed by atoms with Gasteiger partial charge in [-0.05, 0) is 24.2 Å². The van der Waals surface area contributed by atoms with E-state index < -0.39 is 18.1 Å². The highest BCUT2D eigenvalue weighted by atomic mass is 16.2. The van der Waals surface area contributed by atoms with Crippen LogP contribution in [0.2, 0.25) is 0 Å². The van der Waals surface area contributed by atoms with Crippen LogP contribution in [0.25, 0.3) is 0 Å². The Labute approximate surface area is 146 Å². The molecule has 1 radical (unpaired) electrons.